The van der Waals surface area contributed by atoms with E-state index in [2.05, 4.69) is 5.16 Å². The normalized spacial score (nSPS) is 21.6. The van der Waals surface area contributed by atoms with E-state index in [1.165, 1.54) is 0 Å². The minimum atomic E-state index is 0. The summed E-state index contributed by atoms with van der Waals surface area (Å²) in [5.41, 5.74) is 0. The summed E-state index contributed by atoms with van der Waals surface area (Å²) in [6, 6.07) is 0. The number of carbonyl (C=O) groups is 1. The summed E-state index contributed by atoms with van der Waals surface area (Å²) < 4.78 is 4.78. The number of rotatable bonds is 0. The highest BCUT2D eigenvalue weighted by Gasteiger charge is 2.15. The number of oxime groups is 1. The smallest absolute Gasteiger partial charge is 0.232 e. The molecule has 10 heavy (non-hydrogen) atoms. The van der Waals surface area contributed by atoms with E-state index in [9.17, 15) is 4.79 Å². The van der Waals surface area contributed by atoms with Crippen molar-refractivity contribution in [2.24, 2.45) is 5.16 Å². The monoisotopic (exact) mass is 147 g/mol. The van der Waals surface area contributed by atoms with Crippen LogP contribution in [-0.4, -0.2) is 29.0 Å². The Morgan fingerprint density at radius 1 is 1.60 bits per heavy atom. The van der Waals surface area contributed by atoms with Crippen molar-refractivity contribution in [2.45, 2.75) is 12.8 Å². The molecule has 58 valence electrons. The molecule has 0 spiro atoms. The standard InChI is InChI=1S/C5H7NO3.H2O/c7-4-1-2-9-5(3-4)6-8;/h8H,1-3H2;1H2. The van der Waals surface area contributed by atoms with Gasteiger partial charge in [-0.25, -0.2) is 0 Å². The third-order valence-electron chi connectivity index (χ3n) is 1.11. The van der Waals surface area contributed by atoms with Crippen LogP contribution in [0.1, 0.15) is 12.8 Å². The molecule has 0 aromatic carbocycles. The van der Waals surface area contributed by atoms with Crippen molar-refractivity contribution in [3.63, 3.8) is 0 Å². The maximum absolute atomic E-state index is 10.6. The van der Waals surface area contributed by atoms with E-state index in [-0.39, 0.29) is 23.6 Å². The first kappa shape index (κ1) is 8.90. The maximum Gasteiger partial charge on any atom is 0.232 e. The van der Waals surface area contributed by atoms with Crippen LogP contribution in [-0.2, 0) is 9.53 Å². The molecule has 0 bridgehead atoms. The molecule has 0 unspecified atom stereocenters. The van der Waals surface area contributed by atoms with Crippen molar-refractivity contribution < 1.29 is 20.2 Å². The van der Waals surface area contributed by atoms with Gasteiger partial charge in [-0.2, -0.15) is 0 Å². The van der Waals surface area contributed by atoms with E-state index in [1.54, 1.807) is 0 Å². The van der Waals surface area contributed by atoms with Crippen LogP contribution in [0.3, 0.4) is 0 Å². The Balaban J connectivity index is 0.000000810. The van der Waals surface area contributed by atoms with Gasteiger partial charge in [0.1, 0.15) is 5.78 Å². The summed E-state index contributed by atoms with van der Waals surface area (Å²) in [6.07, 6.45) is 0.565. The SMILES string of the molecule is O.O=C1CCOC(=NO)C1. The van der Waals surface area contributed by atoms with Crippen LogP contribution in [0.25, 0.3) is 0 Å². The van der Waals surface area contributed by atoms with Gasteiger partial charge in [0.15, 0.2) is 0 Å². The average molecular weight is 147 g/mol. The van der Waals surface area contributed by atoms with Crippen LogP contribution in [0.5, 0.6) is 0 Å². The molecule has 0 aliphatic carbocycles. The Morgan fingerprint density at radius 2 is 2.30 bits per heavy atom. The van der Waals surface area contributed by atoms with Gasteiger partial charge in [-0.05, 0) is 0 Å². The second-order valence-corrected chi connectivity index (χ2v) is 1.81. The fourth-order valence-electron chi connectivity index (χ4n) is 0.655. The Kier molecular flexibility index (Phi) is 3.42. The van der Waals surface area contributed by atoms with E-state index in [4.69, 9.17) is 9.94 Å². The molecule has 1 rings (SSSR count). The lowest BCUT2D eigenvalue weighted by Gasteiger charge is -2.10. The van der Waals surface area contributed by atoms with Gasteiger partial charge in [0, 0.05) is 6.42 Å². The highest BCUT2D eigenvalue weighted by Crippen LogP contribution is 2.02. The minimum absolute atomic E-state index is 0. The van der Waals surface area contributed by atoms with Gasteiger partial charge in [0.05, 0.1) is 13.0 Å². The lowest BCUT2D eigenvalue weighted by Crippen LogP contribution is -2.20. The van der Waals surface area contributed by atoms with Crippen molar-refractivity contribution in [1.82, 2.24) is 0 Å². The first-order chi connectivity index (χ1) is 4.33. The van der Waals surface area contributed by atoms with Gasteiger partial charge >= 0.3 is 0 Å². The number of ether oxygens (including phenoxy) is 1. The van der Waals surface area contributed by atoms with E-state index in [0.717, 1.165) is 0 Å². The van der Waals surface area contributed by atoms with Gasteiger partial charge in [0.2, 0.25) is 5.90 Å². The molecule has 3 N–H and O–H groups in total. The fraction of sp³-hybridized carbons (Fsp3) is 0.600. The summed E-state index contributed by atoms with van der Waals surface area (Å²) in [7, 11) is 0. The Hall–Kier alpha value is -1.10. The Labute approximate surface area is 57.6 Å². The zero-order valence-corrected chi connectivity index (χ0v) is 5.33. The van der Waals surface area contributed by atoms with Crippen molar-refractivity contribution >= 4 is 11.7 Å². The number of hydrogen-bond donors (Lipinski definition) is 1. The van der Waals surface area contributed by atoms with Crippen LogP contribution in [0.2, 0.25) is 0 Å². The Morgan fingerprint density at radius 3 is 2.70 bits per heavy atom. The average Bonchev–Trinajstić information content (AvgIpc) is 1.88. The van der Waals surface area contributed by atoms with Crippen LogP contribution in [0, 0.1) is 0 Å². The molecule has 0 amide bonds. The van der Waals surface area contributed by atoms with Crippen molar-refractivity contribution in [3.8, 4) is 0 Å². The molecule has 0 atom stereocenters. The number of carbonyl (C=O) groups excluding carboxylic acids is 1. The number of hydrogen-bond acceptors (Lipinski definition) is 4. The van der Waals surface area contributed by atoms with Crippen molar-refractivity contribution in [1.29, 1.82) is 0 Å². The molecule has 1 aliphatic rings. The van der Waals surface area contributed by atoms with Gasteiger partial charge in [0.25, 0.3) is 0 Å². The van der Waals surface area contributed by atoms with E-state index in [1.807, 2.05) is 0 Å². The van der Waals surface area contributed by atoms with E-state index in [0.29, 0.717) is 13.0 Å². The lowest BCUT2D eigenvalue weighted by atomic mass is 10.2. The highest BCUT2D eigenvalue weighted by atomic mass is 16.5. The van der Waals surface area contributed by atoms with Gasteiger partial charge in [-0.3, -0.25) is 4.79 Å². The molecule has 1 aliphatic heterocycles. The number of nitrogens with zero attached hydrogens (tertiary/aromatic N) is 1. The zero-order chi connectivity index (χ0) is 6.69. The highest BCUT2D eigenvalue weighted by molar-refractivity contribution is 5.99. The maximum atomic E-state index is 10.6. The third kappa shape index (κ3) is 2.02. The minimum Gasteiger partial charge on any atom is -0.478 e. The molecule has 1 saturated heterocycles. The topological polar surface area (TPSA) is 90.4 Å². The van der Waals surface area contributed by atoms with Crippen molar-refractivity contribution in [3.05, 3.63) is 0 Å². The molecule has 5 nitrogen and oxygen atoms in total. The number of Topliss-reactive ketones (excluding diaryl/α,β-unsaturated/α-hetero) is 1. The predicted molar refractivity (Wildman–Crippen MR) is 33.0 cm³/mol. The van der Waals surface area contributed by atoms with Gasteiger partial charge < -0.3 is 15.4 Å². The second-order valence-electron chi connectivity index (χ2n) is 1.81. The summed E-state index contributed by atoms with van der Waals surface area (Å²) >= 11 is 0. The Bertz CT molecular complexity index is 154. The van der Waals surface area contributed by atoms with Gasteiger partial charge in [-0.15, -0.1) is 0 Å². The first-order valence-corrected chi connectivity index (χ1v) is 2.68. The zero-order valence-electron chi connectivity index (χ0n) is 5.33. The van der Waals surface area contributed by atoms with Crippen molar-refractivity contribution in [2.75, 3.05) is 6.61 Å². The van der Waals surface area contributed by atoms with Crippen LogP contribution < -0.4 is 0 Å². The summed E-state index contributed by atoms with van der Waals surface area (Å²) in [5.74, 6) is 0.195. The molecule has 1 fully saturated rings. The molecule has 0 radical (unpaired) electrons. The first-order valence-electron chi connectivity index (χ1n) is 2.68. The summed E-state index contributed by atoms with van der Waals surface area (Å²) in [5, 5.41) is 10.9. The molecular formula is C5H9NO4. The van der Waals surface area contributed by atoms with E-state index >= 15 is 0 Å². The molecule has 0 aromatic rings. The van der Waals surface area contributed by atoms with Crippen LogP contribution in [0.4, 0.5) is 0 Å². The predicted octanol–water partition coefficient (Wildman–Crippen LogP) is -0.671. The molecule has 0 aromatic heterocycles. The number of ketones is 1. The molecule has 0 saturated carbocycles. The lowest BCUT2D eigenvalue weighted by molar-refractivity contribution is -0.119. The van der Waals surface area contributed by atoms with E-state index < -0.39 is 0 Å². The third-order valence-corrected chi connectivity index (χ3v) is 1.11. The largest absolute Gasteiger partial charge is 0.478 e. The quantitative estimate of drug-likeness (QED) is 0.364. The molecular weight excluding hydrogens is 138 g/mol. The van der Waals surface area contributed by atoms with Crippen LogP contribution >= 0.6 is 0 Å². The van der Waals surface area contributed by atoms with Gasteiger partial charge in [-0.1, -0.05) is 5.16 Å². The fourth-order valence-corrected chi connectivity index (χ4v) is 0.655. The summed E-state index contributed by atoms with van der Waals surface area (Å²) in [4.78, 5) is 10.6. The second kappa shape index (κ2) is 3.84. The molecule has 5 heteroatoms. The summed E-state index contributed by atoms with van der Waals surface area (Å²) in [6.45, 7) is 0.345. The molecule has 1 heterocycles. The van der Waals surface area contributed by atoms with Crippen LogP contribution in [0.15, 0.2) is 5.16 Å².